The van der Waals surface area contributed by atoms with Gasteiger partial charge >= 0.3 is 15.2 Å². The van der Waals surface area contributed by atoms with E-state index in [0.717, 1.165) is 24.3 Å². The van der Waals surface area contributed by atoms with Crippen LogP contribution in [0.15, 0.2) is 59.5 Å². The van der Waals surface area contributed by atoms with Gasteiger partial charge in [-0.3, -0.25) is 4.79 Å². The molecule has 2 aromatic rings. The van der Waals surface area contributed by atoms with Crippen molar-refractivity contribution < 1.29 is 30.6 Å². The number of hydrogen-bond acceptors (Lipinski definition) is 6. The van der Waals surface area contributed by atoms with Gasteiger partial charge in [-0.2, -0.15) is 8.42 Å². The Kier molecular flexibility index (Phi) is 6.85. The molecular weight excluding hydrogens is 404 g/mol. The zero-order valence-corrected chi connectivity index (χ0v) is 16.6. The Bertz CT molecular complexity index is 1100. The van der Waals surface area contributed by atoms with Crippen molar-refractivity contribution in [2.75, 3.05) is 5.75 Å². The molecule has 2 rings (SSSR count). The number of hydrogen-bond donors (Lipinski definition) is 0. The van der Waals surface area contributed by atoms with Crippen molar-refractivity contribution in [3.8, 4) is 5.75 Å². The van der Waals surface area contributed by atoms with Crippen LogP contribution in [0.1, 0.15) is 30.1 Å². The molecule has 28 heavy (non-hydrogen) atoms. The Morgan fingerprint density at radius 1 is 1.00 bits per heavy atom. The van der Waals surface area contributed by atoms with Crippen LogP contribution in [0.2, 0.25) is 0 Å². The van der Waals surface area contributed by atoms with Crippen LogP contribution in [-0.2, 0) is 20.0 Å². The highest BCUT2D eigenvalue weighted by atomic mass is 32.2. The molecule has 0 aliphatic carbocycles. The molecule has 0 bridgehead atoms. The normalized spacial score (nSPS) is 11.5. The lowest BCUT2D eigenvalue weighted by molar-refractivity contribution is -0.00158. The fraction of sp³-hybridized carbons (Fsp3) is 0.222. The molecule has 8 nitrogen and oxygen atoms in total. The van der Waals surface area contributed by atoms with Crippen molar-refractivity contribution in [2.45, 2.75) is 24.7 Å². The van der Waals surface area contributed by atoms with E-state index >= 15 is 0 Å². The summed E-state index contributed by atoms with van der Waals surface area (Å²) in [5, 5.41) is -1.04. The smallest absolute Gasteiger partial charge is 0.382 e. The second kappa shape index (κ2) is 8.92. The summed E-state index contributed by atoms with van der Waals surface area (Å²) < 4.78 is 53.8. The summed E-state index contributed by atoms with van der Waals surface area (Å²) in [5.74, 6) is -1.19. The molecule has 0 heterocycles. The first-order valence-electron chi connectivity index (χ1n) is 8.30. The lowest BCUT2D eigenvalue weighted by Gasteiger charge is -2.07. The highest BCUT2D eigenvalue weighted by Gasteiger charge is 2.38. The minimum absolute atomic E-state index is 0.0425. The monoisotopic (exact) mass is 422 g/mol. The van der Waals surface area contributed by atoms with Crippen LogP contribution in [0.5, 0.6) is 5.75 Å². The third-order valence-electron chi connectivity index (χ3n) is 3.68. The van der Waals surface area contributed by atoms with Gasteiger partial charge in [-0.05, 0) is 30.7 Å². The molecule has 0 unspecified atom stereocenters. The topological polar surface area (TPSA) is 131 Å². The zero-order chi connectivity index (χ0) is 20.8. The van der Waals surface area contributed by atoms with Crippen LogP contribution in [0.25, 0.3) is 5.53 Å². The number of unbranched alkanes of at least 4 members (excludes halogenated alkanes) is 1. The fourth-order valence-corrected chi connectivity index (χ4v) is 4.55. The van der Waals surface area contributed by atoms with E-state index in [2.05, 4.69) is 4.79 Å². The second-order valence-corrected chi connectivity index (χ2v) is 9.33. The van der Waals surface area contributed by atoms with Gasteiger partial charge in [0.05, 0.1) is 10.6 Å². The summed E-state index contributed by atoms with van der Waals surface area (Å²) >= 11 is 0. The van der Waals surface area contributed by atoms with Crippen LogP contribution in [-0.4, -0.2) is 38.2 Å². The lowest BCUT2D eigenvalue weighted by atomic mass is 10.1. The van der Waals surface area contributed by atoms with Gasteiger partial charge in [0.1, 0.15) is 5.75 Å². The lowest BCUT2D eigenvalue weighted by Crippen LogP contribution is -2.26. The van der Waals surface area contributed by atoms with Gasteiger partial charge < -0.3 is 9.71 Å². The Hall–Kier alpha value is -2.81. The van der Waals surface area contributed by atoms with Crippen LogP contribution < -0.4 is 4.18 Å². The van der Waals surface area contributed by atoms with Gasteiger partial charge in [0.2, 0.25) is 0 Å². The molecule has 10 heteroatoms. The molecule has 0 atom stereocenters. The average molecular weight is 422 g/mol. The number of Topliss-reactive ketones (excluding diaryl/α,β-unsaturated/α-hetero) is 1. The van der Waals surface area contributed by atoms with Crippen LogP contribution in [0.3, 0.4) is 0 Å². The van der Waals surface area contributed by atoms with Gasteiger partial charge in [0.25, 0.3) is 15.6 Å². The van der Waals surface area contributed by atoms with E-state index in [1.807, 2.05) is 6.92 Å². The summed E-state index contributed by atoms with van der Waals surface area (Å²) in [4.78, 5) is 14.7. The van der Waals surface area contributed by atoms with E-state index in [0.29, 0.717) is 12.8 Å². The van der Waals surface area contributed by atoms with Gasteiger partial charge in [0.15, 0.2) is 0 Å². The maximum Gasteiger partial charge on any atom is 0.456 e. The van der Waals surface area contributed by atoms with E-state index < -0.39 is 30.8 Å². The largest absolute Gasteiger partial charge is 0.456 e. The molecule has 0 saturated carbocycles. The molecule has 0 aromatic heterocycles. The van der Waals surface area contributed by atoms with E-state index in [4.69, 9.17) is 9.71 Å². The summed E-state index contributed by atoms with van der Waals surface area (Å²) in [6.07, 6.45) is 1.12. The molecule has 0 amide bonds. The number of rotatable bonds is 8. The number of sulfone groups is 1. The highest BCUT2D eigenvalue weighted by Crippen LogP contribution is 2.20. The first kappa shape index (κ1) is 21.5. The number of nitrogens with zero attached hydrogens (tertiary/aromatic N) is 2. The Morgan fingerprint density at radius 3 is 2.14 bits per heavy atom. The van der Waals surface area contributed by atoms with Gasteiger partial charge in [-0.15, -0.1) is 4.79 Å². The summed E-state index contributed by atoms with van der Waals surface area (Å²) in [6.45, 7) is 1.84. The maximum atomic E-state index is 12.6. The minimum atomic E-state index is -4.43. The molecule has 2 aromatic carbocycles. The number of carbonyl (C=O) groups is 1. The van der Waals surface area contributed by atoms with Crippen molar-refractivity contribution in [3.05, 3.63) is 65.7 Å². The number of ketones is 1. The minimum Gasteiger partial charge on any atom is -0.382 e. The molecular formula is C18H18N2O6S2. The zero-order valence-electron chi connectivity index (χ0n) is 15.0. The van der Waals surface area contributed by atoms with Gasteiger partial charge in [-0.25, -0.2) is 8.42 Å². The highest BCUT2D eigenvalue weighted by molar-refractivity contribution is 8.08. The molecule has 0 aliphatic heterocycles. The van der Waals surface area contributed by atoms with Crippen molar-refractivity contribution >= 4 is 30.8 Å². The predicted molar refractivity (Wildman–Crippen MR) is 102 cm³/mol. The molecule has 0 radical (unpaired) electrons. The molecule has 0 N–H and O–H groups in total. The summed E-state index contributed by atoms with van der Waals surface area (Å²) in [7, 11) is -8.21. The van der Waals surface area contributed by atoms with Gasteiger partial charge in [0, 0.05) is 5.56 Å². The Balaban J connectivity index is 2.28. The Labute approximate surface area is 163 Å². The third kappa shape index (κ3) is 5.13. The predicted octanol–water partition coefficient (Wildman–Crippen LogP) is 2.48. The van der Waals surface area contributed by atoms with E-state index in [9.17, 15) is 21.6 Å². The quantitative estimate of drug-likeness (QED) is 0.160. The first-order valence-corrected chi connectivity index (χ1v) is 11.4. The van der Waals surface area contributed by atoms with Crippen LogP contribution in [0, 0.1) is 0 Å². The van der Waals surface area contributed by atoms with Crippen molar-refractivity contribution in [1.29, 1.82) is 0 Å². The van der Waals surface area contributed by atoms with Crippen molar-refractivity contribution in [3.63, 3.8) is 0 Å². The number of carbonyl (C=O) groups excluding carboxylic acids is 1. The fourth-order valence-electron chi connectivity index (χ4n) is 2.23. The summed E-state index contributed by atoms with van der Waals surface area (Å²) in [5.41, 5.74) is 9.17. The van der Waals surface area contributed by atoms with Crippen LogP contribution in [0.4, 0.5) is 0 Å². The Morgan fingerprint density at radius 2 is 1.61 bits per heavy atom. The SMILES string of the molecule is CCCCS(=O)(=O)Oc1ccc(S(=O)(=O)C(=[N+]=[N-])C(=O)c2ccccc2)cc1. The average Bonchev–Trinajstić information content (AvgIpc) is 2.67. The van der Waals surface area contributed by atoms with Crippen LogP contribution >= 0.6 is 0 Å². The summed E-state index contributed by atoms with van der Waals surface area (Å²) in [6, 6.07) is 12.0. The molecule has 148 valence electrons. The molecule has 0 aliphatic rings. The standard InChI is InChI=1S/C18H18N2O6S2/c1-2-3-13-27(22,23)26-15-9-11-16(12-10-15)28(24,25)18(20-19)17(21)14-7-5-4-6-8-14/h4-12H,2-3,13H2,1H3. The van der Waals surface area contributed by atoms with Crippen molar-refractivity contribution in [2.24, 2.45) is 0 Å². The second-order valence-electron chi connectivity index (χ2n) is 5.77. The molecule has 0 spiro atoms. The molecule has 0 fully saturated rings. The van der Waals surface area contributed by atoms with Gasteiger partial charge in [-0.1, -0.05) is 43.7 Å². The van der Waals surface area contributed by atoms with Crippen molar-refractivity contribution in [1.82, 2.24) is 0 Å². The van der Waals surface area contributed by atoms with E-state index in [1.54, 1.807) is 18.2 Å². The number of benzene rings is 2. The van der Waals surface area contributed by atoms with E-state index in [1.165, 1.54) is 12.1 Å². The molecule has 0 saturated heterocycles. The van der Waals surface area contributed by atoms with E-state index in [-0.39, 0.29) is 22.0 Å². The maximum absolute atomic E-state index is 12.6. The third-order valence-corrected chi connectivity index (χ3v) is 6.58. The first-order chi connectivity index (χ1) is 13.2.